The van der Waals surface area contributed by atoms with E-state index in [0.29, 0.717) is 24.6 Å². The number of amides is 1. The summed E-state index contributed by atoms with van der Waals surface area (Å²) in [6, 6.07) is 5.53. The van der Waals surface area contributed by atoms with Crippen molar-refractivity contribution >= 4 is 17.9 Å². The van der Waals surface area contributed by atoms with Gasteiger partial charge in [-0.2, -0.15) is 0 Å². The van der Waals surface area contributed by atoms with Crippen molar-refractivity contribution in [1.29, 1.82) is 0 Å². The van der Waals surface area contributed by atoms with Crippen LogP contribution in [0.2, 0.25) is 0 Å². The van der Waals surface area contributed by atoms with Crippen LogP contribution >= 0.6 is 0 Å². The average Bonchev–Trinajstić information content (AvgIpc) is 2.58. The summed E-state index contributed by atoms with van der Waals surface area (Å²) in [6.07, 6.45) is 8.37. The Labute approximate surface area is 146 Å². The molecule has 0 radical (unpaired) electrons. The first-order valence-corrected chi connectivity index (χ1v) is 8.14. The van der Waals surface area contributed by atoms with Gasteiger partial charge in [-0.05, 0) is 43.0 Å². The number of carbonyl (C=O) groups excluding carboxylic acids is 1. The zero-order valence-electron chi connectivity index (χ0n) is 14.0. The fraction of sp³-hybridized carbons (Fsp3) is 0.333. The molecule has 0 saturated carbocycles. The fourth-order valence-electron chi connectivity index (χ4n) is 2.22. The molecule has 1 aliphatic heterocycles. The summed E-state index contributed by atoms with van der Waals surface area (Å²) in [5.74, 6) is 0.300. The Bertz CT molecular complexity index is 742. The average molecular weight is 340 g/mol. The van der Waals surface area contributed by atoms with Gasteiger partial charge in [0.25, 0.3) is 5.91 Å². The van der Waals surface area contributed by atoms with Crippen molar-refractivity contribution < 1.29 is 14.4 Å². The zero-order valence-corrected chi connectivity index (χ0v) is 14.0. The second-order valence-electron chi connectivity index (χ2n) is 5.79. The van der Waals surface area contributed by atoms with Crippen molar-refractivity contribution in [1.82, 2.24) is 9.97 Å². The molecule has 0 atom stereocenters. The van der Waals surface area contributed by atoms with Crippen LogP contribution in [-0.4, -0.2) is 41.4 Å². The van der Waals surface area contributed by atoms with Crippen LogP contribution in [0.15, 0.2) is 41.9 Å². The van der Waals surface area contributed by atoms with Crippen LogP contribution in [0.1, 0.15) is 27.9 Å². The van der Waals surface area contributed by atoms with Crippen molar-refractivity contribution in [3.05, 3.63) is 53.5 Å². The highest BCUT2D eigenvalue weighted by Gasteiger charge is 2.19. The van der Waals surface area contributed by atoms with Gasteiger partial charge < -0.3 is 14.9 Å². The van der Waals surface area contributed by atoms with E-state index in [1.165, 1.54) is 0 Å². The molecule has 1 fully saturated rings. The van der Waals surface area contributed by atoms with Crippen molar-refractivity contribution in [2.75, 3.05) is 18.5 Å². The van der Waals surface area contributed by atoms with Crippen molar-refractivity contribution in [2.45, 2.75) is 25.9 Å². The van der Waals surface area contributed by atoms with Gasteiger partial charge >= 0.3 is 0 Å². The first-order chi connectivity index (χ1) is 12.2. The minimum Gasteiger partial charge on any atom is -0.388 e. The van der Waals surface area contributed by atoms with Crippen LogP contribution < -0.4 is 5.32 Å². The molecule has 25 heavy (non-hydrogen) atoms. The van der Waals surface area contributed by atoms with Gasteiger partial charge in [-0.3, -0.25) is 9.78 Å². The first kappa shape index (κ1) is 17.0. The molecule has 1 amide bonds. The van der Waals surface area contributed by atoms with Crippen LogP contribution in [0.25, 0.3) is 0 Å². The second-order valence-corrected chi connectivity index (χ2v) is 5.79. The third-order valence-electron chi connectivity index (χ3n) is 3.80. The lowest BCUT2D eigenvalue weighted by Gasteiger charge is -2.22. The number of ether oxygens (including phenoxy) is 1. The van der Waals surface area contributed by atoms with Gasteiger partial charge in [0.1, 0.15) is 5.82 Å². The van der Waals surface area contributed by atoms with Gasteiger partial charge in [0.15, 0.2) is 6.10 Å². The van der Waals surface area contributed by atoms with Gasteiger partial charge in [-0.15, -0.1) is 0 Å². The number of oxime groups is 1. The van der Waals surface area contributed by atoms with E-state index in [9.17, 15) is 4.79 Å². The number of carbonyl (C=O) groups is 1. The predicted molar refractivity (Wildman–Crippen MR) is 93.7 cm³/mol. The molecular weight excluding hydrogens is 320 g/mol. The van der Waals surface area contributed by atoms with E-state index in [1.807, 2.05) is 13.0 Å². The van der Waals surface area contributed by atoms with Gasteiger partial charge in [0.05, 0.1) is 18.8 Å². The van der Waals surface area contributed by atoms with E-state index < -0.39 is 0 Å². The lowest BCUT2D eigenvalue weighted by molar-refractivity contribution is -0.128. The molecular formula is C18H20N4O3. The van der Waals surface area contributed by atoms with E-state index in [-0.39, 0.29) is 12.0 Å². The molecule has 1 N–H and O–H groups in total. The molecule has 0 aliphatic carbocycles. The Hall–Kier alpha value is -2.80. The molecule has 1 saturated heterocycles. The topological polar surface area (TPSA) is 85.7 Å². The van der Waals surface area contributed by atoms with Crippen LogP contribution in [-0.2, 0) is 16.0 Å². The maximum absolute atomic E-state index is 12.2. The molecule has 130 valence electrons. The molecule has 0 spiro atoms. The smallest absolute Gasteiger partial charge is 0.258 e. The molecule has 2 aromatic rings. The third-order valence-corrected chi connectivity index (χ3v) is 3.80. The number of nitrogens with one attached hydrogen (secondary N) is 1. The highest BCUT2D eigenvalue weighted by atomic mass is 16.7. The maximum Gasteiger partial charge on any atom is 0.258 e. The van der Waals surface area contributed by atoms with Gasteiger partial charge in [-0.25, -0.2) is 4.98 Å². The first-order valence-electron chi connectivity index (χ1n) is 8.14. The van der Waals surface area contributed by atoms with Crippen LogP contribution in [0.4, 0.5) is 5.82 Å². The Morgan fingerprint density at radius 1 is 1.40 bits per heavy atom. The number of aryl methyl sites for hydroxylation is 2. The number of pyridine rings is 2. The SMILES string of the molecule is Cc1ccncc1C(=O)Nc1ccc(CC/C=N/OC2COC2)cn1. The molecule has 0 bridgehead atoms. The Morgan fingerprint density at radius 2 is 2.28 bits per heavy atom. The van der Waals surface area contributed by atoms with Crippen molar-refractivity contribution in [3.8, 4) is 0 Å². The Balaban J connectivity index is 1.46. The molecule has 1 aliphatic rings. The third kappa shape index (κ3) is 4.84. The maximum atomic E-state index is 12.2. The number of rotatable bonds is 7. The molecule has 3 rings (SSSR count). The number of hydrogen-bond acceptors (Lipinski definition) is 6. The summed E-state index contributed by atoms with van der Waals surface area (Å²) in [7, 11) is 0. The molecule has 0 aromatic carbocycles. The fourth-order valence-corrected chi connectivity index (χ4v) is 2.22. The second kappa shape index (κ2) is 8.34. The highest BCUT2D eigenvalue weighted by Crippen LogP contribution is 2.11. The van der Waals surface area contributed by atoms with E-state index >= 15 is 0 Å². The summed E-state index contributed by atoms with van der Waals surface area (Å²) in [4.78, 5) is 25.7. The van der Waals surface area contributed by atoms with E-state index in [1.54, 1.807) is 36.9 Å². The van der Waals surface area contributed by atoms with E-state index in [2.05, 4.69) is 20.4 Å². The van der Waals surface area contributed by atoms with Gasteiger partial charge in [-0.1, -0.05) is 11.2 Å². The zero-order chi connectivity index (χ0) is 17.5. The number of aromatic nitrogens is 2. The largest absolute Gasteiger partial charge is 0.388 e. The van der Waals surface area contributed by atoms with Crippen LogP contribution in [0.5, 0.6) is 0 Å². The van der Waals surface area contributed by atoms with Crippen LogP contribution in [0, 0.1) is 6.92 Å². The van der Waals surface area contributed by atoms with Gasteiger partial charge in [0.2, 0.25) is 0 Å². The molecule has 2 aromatic heterocycles. The number of nitrogens with zero attached hydrogens (tertiary/aromatic N) is 3. The number of hydrogen-bond donors (Lipinski definition) is 1. The van der Waals surface area contributed by atoms with Crippen molar-refractivity contribution in [2.24, 2.45) is 5.16 Å². The van der Waals surface area contributed by atoms with Gasteiger partial charge in [0, 0.05) is 24.8 Å². The minimum absolute atomic E-state index is 0.101. The normalized spacial score (nSPS) is 14.3. The molecule has 3 heterocycles. The number of anilines is 1. The lowest BCUT2D eigenvalue weighted by atomic mass is 10.1. The summed E-state index contributed by atoms with van der Waals surface area (Å²) in [5, 5.41) is 6.70. The summed E-state index contributed by atoms with van der Waals surface area (Å²) in [5.41, 5.74) is 2.48. The Morgan fingerprint density at radius 3 is 2.96 bits per heavy atom. The molecule has 0 unspecified atom stereocenters. The quantitative estimate of drug-likeness (QED) is 0.618. The summed E-state index contributed by atoms with van der Waals surface area (Å²) >= 11 is 0. The Kier molecular flexibility index (Phi) is 5.69. The summed E-state index contributed by atoms with van der Waals surface area (Å²) in [6.45, 7) is 3.11. The van der Waals surface area contributed by atoms with E-state index in [4.69, 9.17) is 9.57 Å². The monoisotopic (exact) mass is 340 g/mol. The standard InChI is InChI=1S/C18H20N4O3/c1-13-6-8-19-10-16(13)18(23)22-17-5-4-14(9-20-17)3-2-7-21-25-15-11-24-12-15/h4-10,15H,2-3,11-12H2,1H3,(H,20,22,23)/b21-7+. The minimum atomic E-state index is -0.213. The van der Waals surface area contributed by atoms with Crippen molar-refractivity contribution in [3.63, 3.8) is 0 Å². The van der Waals surface area contributed by atoms with E-state index in [0.717, 1.165) is 24.0 Å². The molecule has 7 nitrogen and oxygen atoms in total. The van der Waals surface area contributed by atoms with Crippen LogP contribution in [0.3, 0.4) is 0 Å². The lowest BCUT2D eigenvalue weighted by Crippen LogP contribution is -2.34. The molecule has 7 heteroatoms. The highest BCUT2D eigenvalue weighted by molar-refractivity contribution is 6.04. The summed E-state index contributed by atoms with van der Waals surface area (Å²) < 4.78 is 4.99. The predicted octanol–water partition coefficient (Wildman–Crippen LogP) is 2.37.